The van der Waals surface area contributed by atoms with Crippen molar-refractivity contribution in [1.82, 2.24) is 9.97 Å². The molecule has 7 aromatic rings. The van der Waals surface area contributed by atoms with Crippen molar-refractivity contribution < 1.29 is 33.3 Å². The second-order valence-corrected chi connectivity index (χ2v) is 20.9. The number of halogens is 1. The third-order valence-corrected chi connectivity index (χ3v) is 10.8. The van der Waals surface area contributed by atoms with E-state index in [0.29, 0.717) is 5.89 Å². The molecule has 0 N–H and O–H groups in total. The SMILES string of the molecule is [CH3][Ge]([CH3])([CH3])[c]1ccc(-c2[c-]cc(F)cc2)nc1.[Ir].[c-]1ccc2oc3ccccc3c2c1-c1nc2ccccc2o1. The fourth-order valence-electron chi connectivity index (χ4n) is 4.42. The maximum Gasteiger partial charge on any atom is 0.142 e. The molecule has 0 atom stereocenters. The maximum absolute atomic E-state index is 12.8. The van der Waals surface area contributed by atoms with Gasteiger partial charge in [0.2, 0.25) is 0 Å². The van der Waals surface area contributed by atoms with Gasteiger partial charge in [-0.2, -0.15) is 0 Å². The minimum atomic E-state index is -1.79. The van der Waals surface area contributed by atoms with Crippen LogP contribution >= 0.6 is 0 Å². The molecule has 7 heteroatoms. The van der Waals surface area contributed by atoms with E-state index in [2.05, 4.69) is 45.4 Å². The number of nitrogens with zero attached hydrogens (tertiary/aromatic N) is 2. The van der Waals surface area contributed by atoms with Crippen LogP contribution < -0.4 is 4.40 Å². The monoisotopic (exact) mass is 767 g/mol. The van der Waals surface area contributed by atoms with Crippen molar-refractivity contribution in [2.45, 2.75) is 17.3 Å². The van der Waals surface area contributed by atoms with Gasteiger partial charge in [0.25, 0.3) is 0 Å². The quantitative estimate of drug-likeness (QED) is 0.134. The van der Waals surface area contributed by atoms with Crippen molar-refractivity contribution in [3.63, 3.8) is 0 Å². The van der Waals surface area contributed by atoms with Crippen LogP contribution in [0.1, 0.15) is 0 Å². The van der Waals surface area contributed by atoms with Crippen molar-refractivity contribution in [1.29, 1.82) is 0 Å². The van der Waals surface area contributed by atoms with Gasteiger partial charge in [0.1, 0.15) is 17.1 Å². The Labute approximate surface area is 248 Å². The largest absolute Gasteiger partial charge is 0.481 e. The van der Waals surface area contributed by atoms with Crippen LogP contribution in [0.5, 0.6) is 0 Å². The molecule has 40 heavy (non-hydrogen) atoms. The van der Waals surface area contributed by atoms with Gasteiger partial charge in [-0.15, -0.1) is 12.1 Å². The average molecular weight is 765 g/mol. The van der Waals surface area contributed by atoms with Gasteiger partial charge >= 0.3 is 104 Å². The Bertz CT molecular complexity index is 1870. The van der Waals surface area contributed by atoms with Crippen LogP contribution in [0.2, 0.25) is 17.3 Å². The molecule has 0 aliphatic carbocycles. The Kier molecular flexibility index (Phi) is 8.04. The summed E-state index contributed by atoms with van der Waals surface area (Å²) in [6, 6.07) is 34.2. The molecular weight excluding hydrogens is 740 g/mol. The first-order valence-electron chi connectivity index (χ1n) is 12.7. The van der Waals surface area contributed by atoms with Crippen LogP contribution in [-0.4, -0.2) is 23.2 Å². The van der Waals surface area contributed by atoms with E-state index in [9.17, 15) is 4.39 Å². The van der Waals surface area contributed by atoms with Crippen molar-refractivity contribution >= 4 is 50.7 Å². The van der Waals surface area contributed by atoms with Gasteiger partial charge in [0.15, 0.2) is 0 Å². The van der Waals surface area contributed by atoms with Crippen molar-refractivity contribution in [3.05, 3.63) is 115 Å². The smallest absolute Gasteiger partial charge is 0.142 e. The summed E-state index contributed by atoms with van der Waals surface area (Å²) < 4.78 is 25.9. The van der Waals surface area contributed by atoms with E-state index < -0.39 is 13.3 Å². The van der Waals surface area contributed by atoms with Crippen molar-refractivity contribution in [3.8, 4) is 22.7 Å². The maximum atomic E-state index is 12.8. The van der Waals surface area contributed by atoms with E-state index in [4.69, 9.17) is 8.83 Å². The molecule has 0 amide bonds. The minimum Gasteiger partial charge on any atom is -0.481 e. The van der Waals surface area contributed by atoms with E-state index in [1.807, 2.05) is 72.9 Å². The number of furan rings is 1. The third kappa shape index (κ3) is 5.66. The number of benzene rings is 4. The van der Waals surface area contributed by atoms with Gasteiger partial charge < -0.3 is 8.83 Å². The van der Waals surface area contributed by atoms with E-state index >= 15 is 0 Å². The zero-order valence-corrected chi connectivity index (χ0v) is 26.7. The molecule has 3 heterocycles. The van der Waals surface area contributed by atoms with Crippen LogP contribution in [0.15, 0.2) is 106 Å². The van der Waals surface area contributed by atoms with E-state index in [-0.39, 0.29) is 25.9 Å². The summed E-state index contributed by atoms with van der Waals surface area (Å²) in [5.41, 5.74) is 5.80. The fourth-order valence-corrected chi connectivity index (χ4v) is 6.59. The molecule has 0 bridgehead atoms. The molecule has 1 radical (unpaired) electrons. The molecule has 0 unspecified atom stereocenters. The van der Waals surface area contributed by atoms with Gasteiger partial charge in [0.05, 0.1) is 11.1 Å². The number of rotatable bonds is 3. The van der Waals surface area contributed by atoms with Crippen LogP contribution in [0.4, 0.5) is 4.39 Å². The number of oxazole rings is 1. The summed E-state index contributed by atoms with van der Waals surface area (Å²) in [4.78, 5) is 9.02. The molecule has 201 valence electrons. The predicted octanol–water partition coefficient (Wildman–Crippen LogP) is 8.42. The number of hydrogen-bond acceptors (Lipinski definition) is 4. The molecule has 0 saturated carbocycles. The van der Waals surface area contributed by atoms with Gasteiger partial charge in [-0.25, -0.2) is 0 Å². The first-order valence-corrected chi connectivity index (χ1v) is 20.0. The standard InChI is InChI=1S/C19H10NO2.C14H15FGeN.Ir/c1-3-9-15-12(6-1)18-13(7-5-11-17(18)21-15)19-20-14-8-2-4-10-16(14)22-19;1-16(2,3)13-8-9-14(17-10-13)11-4-6-12(15)7-5-11;/h1-6,8-11H;4,6-10H,1-3H3;/q2*-1;. The second kappa shape index (κ2) is 11.5. The Morgan fingerprint density at radius 2 is 1.55 bits per heavy atom. The summed E-state index contributed by atoms with van der Waals surface area (Å²) in [6.45, 7) is 0. The number of fused-ring (bicyclic) bond motifs is 4. The molecular formula is C33H25FGeIrN2O2-2. The number of para-hydroxylation sites is 3. The normalized spacial score (nSPS) is 11.3. The van der Waals surface area contributed by atoms with E-state index in [1.165, 1.54) is 16.5 Å². The predicted molar refractivity (Wildman–Crippen MR) is 157 cm³/mol. The molecule has 4 aromatic carbocycles. The Balaban J connectivity index is 0.000000163. The molecule has 3 aromatic heterocycles. The van der Waals surface area contributed by atoms with Crippen LogP contribution in [-0.2, 0) is 20.1 Å². The van der Waals surface area contributed by atoms with Crippen LogP contribution in [0.25, 0.3) is 55.7 Å². The summed E-state index contributed by atoms with van der Waals surface area (Å²) in [7, 11) is 0. The minimum absolute atomic E-state index is 0. The summed E-state index contributed by atoms with van der Waals surface area (Å²) in [5, 5.41) is 2.04. The van der Waals surface area contributed by atoms with Gasteiger partial charge in [-0.3, -0.25) is 4.98 Å². The number of pyridine rings is 1. The fraction of sp³-hybridized carbons (Fsp3) is 0.0909. The van der Waals surface area contributed by atoms with Gasteiger partial charge in [-0.1, -0.05) is 47.3 Å². The summed E-state index contributed by atoms with van der Waals surface area (Å²) >= 11 is -1.79. The third-order valence-electron chi connectivity index (χ3n) is 6.52. The van der Waals surface area contributed by atoms with Gasteiger partial charge in [-0.05, 0) is 23.6 Å². The van der Waals surface area contributed by atoms with E-state index in [1.54, 1.807) is 6.07 Å². The topological polar surface area (TPSA) is 52.1 Å². The van der Waals surface area contributed by atoms with Crippen molar-refractivity contribution in [2.24, 2.45) is 0 Å². The molecule has 7 rings (SSSR count). The number of hydrogen-bond donors (Lipinski definition) is 0. The Morgan fingerprint density at radius 3 is 2.25 bits per heavy atom. The summed E-state index contributed by atoms with van der Waals surface area (Å²) in [5.74, 6) is 7.30. The molecule has 0 aliphatic rings. The molecule has 0 spiro atoms. The first kappa shape index (κ1) is 28.0. The number of aromatic nitrogens is 2. The van der Waals surface area contributed by atoms with Crippen LogP contribution in [0, 0.1) is 17.9 Å². The average Bonchev–Trinajstić information content (AvgIpc) is 3.55. The Morgan fingerprint density at radius 1 is 0.775 bits per heavy atom. The molecule has 0 aliphatic heterocycles. The first-order chi connectivity index (χ1) is 18.9. The van der Waals surface area contributed by atoms with E-state index in [0.717, 1.165) is 49.9 Å². The van der Waals surface area contributed by atoms with Gasteiger partial charge in [0, 0.05) is 20.1 Å². The summed E-state index contributed by atoms with van der Waals surface area (Å²) in [6.07, 6.45) is 1.95. The molecule has 0 fully saturated rings. The Hall–Kier alpha value is -3.58. The zero-order chi connectivity index (χ0) is 27.0. The molecule has 4 nitrogen and oxygen atoms in total. The van der Waals surface area contributed by atoms with Crippen molar-refractivity contribution in [2.75, 3.05) is 0 Å². The second-order valence-electron chi connectivity index (χ2n) is 10.3. The van der Waals surface area contributed by atoms with Crippen LogP contribution in [0.3, 0.4) is 0 Å². The zero-order valence-electron chi connectivity index (χ0n) is 22.2. The molecule has 0 saturated heterocycles.